The Labute approximate surface area is 143 Å². The second-order valence-corrected chi connectivity index (χ2v) is 5.85. The molecule has 0 bridgehead atoms. The smallest absolute Gasteiger partial charge is 0.155 e. The zero-order chi connectivity index (χ0) is 16.6. The third kappa shape index (κ3) is 2.44. The Morgan fingerprint density at radius 3 is 2.72 bits per heavy atom. The van der Waals surface area contributed by atoms with Crippen molar-refractivity contribution in [2.45, 2.75) is 0 Å². The number of pyridine rings is 1. The lowest BCUT2D eigenvalue weighted by molar-refractivity contribution is 0.229. The first kappa shape index (κ1) is 13.9. The van der Waals surface area contributed by atoms with Crippen LogP contribution < -0.4 is 4.84 Å². The Morgan fingerprint density at radius 1 is 0.880 bits per heavy atom. The van der Waals surface area contributed by atoms with Gasteiger partial charge in [0.05, 0.1) is 11.8 Å². The first-order valence-corrected chi connectivity index (χ1v) is 8.05. The normalized spacial score (nSPS) is 11.2. The van der Waals surface area contributed by atoms with Crippen LogP contribution in [0.4, 0.5) is 0 Å². The van der Waals surface area contributed by atoms with Crippen molar-refractivity contribution in [3.8, 4) is 16.9 Å². The Bertz CT molecular complexity index is 1170. The van der Waals surface area contributed by atoms with E-state index >= 15 is 0 Å². The Morgan fingerprint density at radius 2 is 1.80 bits per heavy atom. The fourth-order valence-corrected chi connectivity index (χ4v) is 2.97. The van der Waals surface area contributed by atoms with Gasteiger partial charge < -0.3 is 9.25 Å². The molecule has 0 aliphatic carbocycles. The van der Waals surface area contributed by atoms with E-state index in [0.717, 1.165) is 38.9 Å². The van der Waals surface area contributed by atoms with Gasteiger partial charge in [0.2, 0.25) is 0 Å². The van der Waals surface area contributed by atoms with Crippen LogP contribution in [-0.2, 0) is 0 Å². The van der Waals surface area contributed by atoms with Gasteiger partial charge in [-0.2, -0.15) is 4.73 Å². The highest BCUT2D eigenvalue weighted by Gasteiger charge is 2.08. The van der Waals surface area contributed by atoms with Crippen LogP contribution >= 0.6 is 0 Å². The summed E-state index contributed by atoms with van der Waals surface area (Å²) >= 11 is 0. The van der Waals surface area contributed by atoms with Gasteiger partial charge in [-0.1, -0.05) is 24.3 Å². The molecule has 5 aromatic rings. The highest BCUT2D eigenvalue weighted by Crippen LogP contribution is 2.27. The molecule has 0 N–H and O–H groups in total. The molecule has 4 nitrogen and oxygen atoms in total. The van der Waals surface area contributed by atoms with Crippen LogP contribution in [0.1, 0.15) is 0 Å². The molecule has 0 radical (unpaired) electrons. The van der Waals surface area contributed by atoms with Crippen LogP contribution in [0.5, 0.6) is 5.75 Å². The molecule has 0 spiro atoms. The number of para-hydroxylation sites is 1. The third-order valence-electron chi connectivity index (χ3n) is 4.24. The Hall–Kier alpha value is -3.53. The van der Waals surface area contributed by atoms with Crippen LogP contribution in [0, 0.1) is 0 Å². The van der Waals surface area contributed by atoms with E-state index in [0.29, 0.717) is 0 Å². The van der Waals surface area contributed by atoms with Gasteiger partial charge in [0, 0.05) is 23.3 Å². The van der Waals surface area contributed by atoms with Crippen LogP contribution in [0.3, 0.4) is 0 Å². The van der Waals surface area contributed by atoms with Crippen LogP contribution in [0.15, 0.2) is 89.8 Å². The molecule has 0 aliphatic rings. The molecule has 3 heterocycles. The molecular formula is C21H14N2O2. The summed E-state index contributed by atoms with van der Waals surface area (Å²) in [4.78, 5) is 10.5. The largest absolute Gasteiger partial charge is 0.464 e. The number of rotatable bonds is 3. The van der Waals surface area contributed by atoms with Gasteiger partial charge in [0.1, 0.15) is 11.1 Å². The monoisotopic (exact) mass is 326 g/mol. The fraction of sp³-hybridized carbons (Fsp3) is 0. The zero-order valence-corrected chi connectivity index (χ0v) is 13.3. The van der Waals surface area contributed by atoms with E-state index in [9.17, 15) is 0 Å². The number of hydrogen-bond donors (Lipinski definition) is 0. The number of nitrogens with zero attached hydrogens (tertiary/aromatic N) is 2. The van der Waals surface area contributed by atoms with E-state index in [4.69, 9.17) is 9.25 Å². The van der Waals surface area contributed by atoms with Crippen molar-refractivity contribution >= 4 is 22.0 Å². The second kappa shape index (κ2) is 5.53. The van der Waals surface area contributed by atoms with Crippen molar-refractivity contribution < 1.29 is 9.25 Å². The van der Waals surface area contributed by atoms with Crippen LogP contribution in [-0.4, -0.2) is 9.71 Å². The van der Waals surface area contributed by atoms with Crippen molar-refractivity contribution in [2.24, 2.45) is 0 Å². The standard InChI is InChI=1S/C21H14N2O2/c1-2-4-18(5-3-1)25-23-10-8-19-20(23)13-17(14-22-19)15-6-7-21-16(12-15)9-11-24-21/h1-14H. The van der Waals surface area contributed by atoms with Crippen LogP contribution in [0.2, 0.25) is 0 Å². The third-order valence-corrected chi connectivity index (χ3v) is 4.24. The summed E-state index contributed by atoms with van der Waals surface area (Å²) in [7, 11) is 0. The molecule has 0 unspecified atom stereocenters. The summed E-state index contributed by atoms with van der Waals surface area (Å²) in [6, 6.07) is 21.8. The first-order chi connectivity index (χ1) is 12.4. The Balaban J connectivity index is 1.59. The fourth-order valence-electron chi connectivity index (χ4n) is 2.97. The van der Waals surface area contributed by atoms with Gasteiger partial charge in [0.25, 0.3) is 0 Å². The van der Waals surface area contributed by atoms with Crippen molar-refractivity contribution in [1.82, 2.24) is 9.71 Å². The van der Waals surface area contributed by atoms with Gasteiger partial charge >= 0.3 is 0 Å². The van der Waals surface area contributed by atoms with Gasteiger partial charge in [0.15, 0.2) is 5.75 Å². The Kier molecular flexibility index (Phi) is 3.07. The second-order valence-electron chi connectivity index (χ2n) is 5.85. The molecule has 0 aliphatic heterocycles. The molecule has 25 heavy (non-hydrogen) atoms. The summed E-state index contributed by atoms with van der Waals surface area (Å²) in [5.41, 5.74) is 4.83. The maximum Gasteiger partial charge on any atom is 0.155 e. The summed E-state index contributed by atoms with van der Waals surface area (Å²) in [6.45, 7) is 0. The van der Waals surface area contributed by atoms with Gasteiger partial charge in [-0.05, 0) is 48.0 Å². The molecule has 2 aromatic carbocycles. The topological polar surface area (TPSA) is 40.2 Å². The molecule has 120 valence electrons. The summed E-state index contributed by atoms with van der Waals surface area (Å²) in [5.74, 6) is 0.783. The lowest BCUT2D eigenvalue weighted by Crippen LogP contribution is -2.03. The van der Waals surface area contributed by atoms with Gasteiger partial charge in [-0.3, -0.25) is 4.98 Å². The average Bonchev–Trinajstić information content (AvgIpc) is 3.28. The summed E-state index contributed by atoms with van der Waals surface area (Å²) in [5, 5.41) is 1.08. The lowest BCUT2D eigenvalue weighted by Gasteiger charge is -2.08. The summed E-state index contributed by atoms with van der Waals surface area (Å²) in [6.07, 6.45) is 5.47. The zero-order valence-electron chi connectivity index (χ0n) is 13.3. The maximum absolute atomic E-state index is 5.94. The number of aromatic nitrogens is 2. The molecule has 0 atom stereocenters. The molecule has 4 heteroatoms. The van der Waals surface area contributed by atoms with E-state index in [2.05, 4.69) is 17.1 Å². The SMILES string of the molecule is c1ccc(On2ccc3ncc(-c4ccc5occc5c4)cc32)cc1. The predicted molar refractivity (Wildman–Crippen MR) is 97.4 cm³/mol. The minimum atomic E-state index is 0.783. The molecule has 0 fully saturated rings. The van der Waals surface area contributed by atoms with Crippen molar-refractivity contribution in [3.05, 3.63) is 85.4 Å². The van der Waals surface area contributed by atoms with Gasteiger partial charge in [-0.25, -0.2) is 0 Å². The predicted octanol–water partition coefficient (Wildman–Crippen LogP) is 5.29. The first-order valence-electron chi connectivity index (χ1n) is 8.05. The number of hydrogen-bond acceptors (Lipinski definition) is 3. The quantitative estimate of drug-likeness (QED) is 0.452. The number of furan rings is 1. The van der Waals surface area contributed by atoms with E-state index < -0.39 is 0 Å². The lowest BCUT2D eigenvalue weighted by atomic mass is 10.1. The number of benzene rings is 2. The van der Waals surface area contributed by atoms with Crippen molar-refractivity contribution in [3.63, 3.8) is 0 Å². The van der Waals surface area contributed by atoms with Crippen molar-refractivity contribution in [1.29, 1.82) is 0 Å². The molecule has 0 saturated carbocycles. The van der Waals surface area contributed by atoms with Crippen molar-refractivity contribution in [2.75, 3.05) is 0 Å². The minimum Gasteiger partial charge on any atom is -0.464 e. The number of fused-ring (bicyclic) bond motifs is 2. The van der Waals surface area contributed by atoms with E-state index in [-0.39, 0.29) is 0 Å². The molecule has 3 aromatic heterocycles. The summed E-state index contributed by atoms with van der Waals surface area (Å²) < 4.78 is 7.16. The average molecular weight is 326 g/mol. The van der Waals surface area contributed by atoms with Gasteiger partial charge in [-0.15, -0.1) is 0 Å². The van der Waals surface area contributed by atoms with E-state index in [1.807, 2.05) is 67.0 Å². The maximum atomic E-state index is 5.94. The molecular weight excluding hydrogens is 312 g/mol. The highest BCUT2D eigenvalue weighted by atomic mass is 16.7. The van der Waals surface area contributed by atoms with E-state index in [1.54, 1.807) is 11.0 Å². The molecule has 0 saturated heterocycles. The molecule has 0 amide bonds. The highest BCUT2D eigenvalue weighted by molar-refractivity contribution is 5.86. The minimum absolute atomic E-state index is 0.783. The van der Waals surface area contributed by atoms with E-state index in [1.165, 1.54) is 0 Å². The van der Waals surface area contributed by atoms with Crippen LogP contribution in [0.25, 0.3) is 33.1 Å². The molecule has 5 rings (SSSR count).